The summed E-state index contributed by atoms with van der Waals surface area (Å²) in [6.07, 6.45) is 3.33. The molecule has 0 saturated heterocycles. The van der Waals surface area contributed by atoms with E-state index in [9.17, 15) is 9.59 Å². The molecule has 2 amide bonds. The van der Waals surface area contributed by atoms with Crippen LogP contribution in [0, 0.1) is 0 Å². The third-order valence-corrected chi connectivity index (χ3v) is 5.55. The zero-order valence-electron chi connectivity index (χ0n) is 17.9. The van der Waals surface area contributed by atoms with Gasteiger partial charge in [0.05, 0.1) is 13.2 Å². The van der Waals surface area contributed by atoms with Gasteiger partial charge in [-0.25, -0.2) is 9.97 Å². The molecule has 0 aliphatic rings. The molecule has 0 spiro atoms. The molecule has 2 heterocycles. The molecule has 9 heteroatoms. The molecule has 2 aromatic carbocycles. The summed E-state index contributed by atoms with van der Waals surface area (Å²) < 4.78 is 11.2. The average Bonchev–Trinajstić information content (AvgIpc) is 3.22. The van der Waals surface area contributed by atoms with E-state index in [0.717, 1.165) is 16.7 Å². The summed E-state index contributed by atoms with van der Waals surface area (Å²) >= 11 is 1.40. The molecule has 0 atom stereocenters. The van der Waals surface area contributed by atoms with Gasteiger partial charge >= 0.3 is 0 Å². The van der Waals surface area contributed by atoms with Crippen LogP contribution < -0.4 is 15.4 Å². The number of nitrogens with one attached hydrogen (secondary N) is 2. The Balaban J connectivity index is 1.42. The summed E-state index contributed by atoms with van der Waals surface area (Å²) in [4.78, 5) is 33.6. The topological polar surface area (TPSA) is 106 Å². The smallest absolute Gasteiger partial charge is 0.287 e. The Morgan fingerprint density at radius 3 is 2.55 bits per heavy atom. The average molecular weight is 463 g/mol. The number of fused-ring (bicyclic) bond motifs is 1. The van der Waals surface area contributed by atoms with Crippen molar-refractivity contribution in [2.75, 3.05) is 18.5 Å². The number of rotatable bonds is 9. The lowest BCUT2D eigenvalue weighted by Gasteiger charge is -2.08. The van der Waals surface area contributed by atoms with Gasteiger partial charge in [-0.05, 0) is 43.3 Å². The van der Waals surface area contributed by atoms with Crippen molar-refractivity contribution in [2.24, 2.45) is 0 Å². The van der Waals surface area contributed by atoms with Gasteiger partial charge in [-0.15, -0.1) is 0 Å². The zero-order valence-corrected chi connectivity index (χ0v) is 18.7. The number of furan rings is 1. The van der Waals surface area contributed by atoms with E-state index < -0.39 is 5.91 Å². The van der Waals surface area contributed by atoms with E-state index >= 15 is 0 Å². The molecule has 4 aromatic rings. The second-order valence-corrected chi connectivity index (χ2v) is 7.86. The first-order chi connectivity index (χ1) is 16.1. The maximum absolute atomic E-state index is 12.9. The highest BCUT2D eigenvalue weighted by Crippen LogP contribution is 2.31. The Morgan fingerprint density at radius 2 is 1.79 bits per heavy atom. The molecule has 33 heavy (non-hydrogen) atoms. The van der Waals surface area contributed by atoms with Gasteiger partial charge in [-0.3, -0.25) is 9.59 Å². The number of benzene rings is 2. The summed E-state index contributed by atoms with van der Waals surface area (Å²) in [7, 11) is 0. The van der Waals surface area contributed by atoms with Crippen molar-refractivity contribution >= 4 is 40.2 Å². The summed E-state index contributed by atoms with van der Waals surface area (Å²) in [5.41, 5.74) is 1.94. The quantitative estimate of drug-likeness (QED) is 0.282. The highest BCUT2D eigenvalue weighted by atomic mass is 32.2. The van der Waals surface area contributed by atoms with E-state index in [0.29, 0.717) is 28.8 Å². The number of hydrogen-bond donors (Lipinski definition) is 2. The van der Waals surface area contributed by atoms with Gasteiger partial charge < -0.3 is 19.8 Å². The monoisotopic (exact) mass is 462 g/mol. The number of thioether (sulfide) groups is 1. The minimum atomic E-state index is -0.461. The Bertz CT molecular complexity index is 1240. The standard InChI is InChI=1S/C24H22N4O4S/c1-2-31-17-10-8-16(9-11-17)28-21(29)14-27-23(30)22-19(15-33-24-25-12-5-13-26-24)18-6-3-4-7-20(18)32-22/h3-13H,2,14-15H2,1H3,(H,27,30)(H,28,29). The van der Waals surface area contributed by atoms with Crippen molar-refractivity contribution in [1.82, 2.24) is 15.3 Å². The van der Waals surface area contributed by atoms with Crippen LogP contribution in [0.2, 0.25) is 0 Å². The van der Waals surface area contributed by atoms with E-state index in [2.05, 4.69) is 20.6 Å². The van der Waals surface area contributed by atoms with E-state index in [1.54, 1.807) is 48.8 Å². The largest absolute Gasteiger partial charge is 0.494 e. The van der Waals surface area contributed by atoms with Crippen LogP contribution in [0.15, 0.2) is 76.6 Å². The molecule has 0 radical (unpaired) electrons. The van der Waals surface area contributed by atoms with Crippen molar-refractivity contribution in [3.8, 4) is 5.75 Å². The molecular weight excluding hydrogens is 440 g/mol. The molecular formula is C24H22N4O4S. The van der Waals surface area contributed by atoms with Crippen molar-refractivity contribution in [3.05, 3.63) is 78.3 Å². The van der Waals surface area contributed by atoms with Crippen LogP contribution in [0.3, 0.4) is 0 Å². The van der Waals surface area contributed by atoms with Crippen molar-refractivity contribution < 1.29 is 18.7 Å². The first-order valence-electron chi connectivity index (χ1n) is 10.3. The Hall–Kier alpha value is -3.85. The number of anilines is 1. The van der Waals surface area contributed by atoms with Crippen LogP contribution in [0.1, 0.15) is 23.0 Å². The second kappa shape index (κ2) is 10.6. The highest BCUT2D eigenvalue weighted by Gasteiger charge is 2.21. The fourth-order valence-electron chi connectivity index (χ4n) is 3.17. The number of nitrogens with zero attached hydrogens (tertiary/aromatic N) is 2. The van der Waals surface area contributed by atoms with Gasteiger partial charge in [0.15, 0.2) is 10.9 Å². The molecule has 0 bridgehead atoms. The number of ether oxygens (including phenoxy) is 1. The second-order valence-electron chi connectivity index (χ2n) is 6.91. The fourth-order valence-corrected chi connectivity index (χ4v) is 4.00. The molecule has 0 aliphatic heterocycles. The zero-order chi connectivity index (χ0) is 23.0. The summed E-state index contributed by atoms with van der Waals surface area (Å²) in [5.74, 6) is 0.533. The van der Waals surface area contributed by atoms with E-state index in [-0.39, 0.29) is 18.2 Å². The van der Waals surface area contributed by atoms with Crippen LogP contribution in [0.25, 0.3) is 11.0 Å². The lowest BCUT2D eigenvalue weighted by atomic mass is 10.1. The molecule has 4 rings (SSSR count). The minimum absolute atomic E-state index is 0.175. The van der Waals surface area contributed by atoms with Gasteiger partial charge in [-0.2, -0.15) is 0 Å². The molecule has 0 aliphatic carbocycles. The van der Waals surface area contributed by atoms with Gasteiger partial charge in [0.2, 0.25) is 5.91 Å². The normalized spacial score (nSPS) is 10.7. The highest BCUT2D eigenvalue weighted by molar-refractivity contribution is 7.98. The van der Waals surface area contributed by atoms with Crippen molar-refractivity contribution in [3.63, 3.8) is 0 Å². The number of carbonyl (C=O) groups excluding carboxylic acids is 2. The molecule has 168 valence electrons. The van der Waals surface area contributed by atoms with Crippen LogP contribution in [0.4, 0.5) is 5.69 Å². The Morgan fingerprint density at radius 1 is 1.03 bits per heavy atom. The van der Waals surface area contributed by atoms with Gasteiger partial charge in [-0.1, -0.05) is 30.0 Å². The molecule has 0 saturated carbocycles. The molecule has 8 nitrogen and oxygen atoms in total. The van der Waals surface area contributed by atoms with Crippen LogP contribution in [-0.2, 0) is 10.5 Å². The predicted octanol–water partition coefficient (Wildman–Crippen LogP) is 4.28. The van der Waals surface area contributed by atoms with Crippen LogP contribution in [-0.4, -0.2) is 34.9 Å². The molecule has 2 N–H and O–H groups in total. The fraction of sp³-hybridized carbons (Fsp3) is 0.167. The van der Waals surface area contributed by atoms with Crippen LogP contribution in [0.5, 0.6) is 5.75 Å². The lowest BCUT2D eigenvalue weighted by Crippen LogP contribution is -2.33. The van der Waals surface area contributed by atoms with E-state index in [1.807, 2.05) is 25.1 Å². The third-order valence-electron chi connectivity index (χ3n) is 4.65. The minimum Gasteiger partial charge on any atom is -0.494 e. The molecule has 0 unspecified atom stereocenters. The first kappa shape index (κ1) is 22.3. The van der Waals surface area contributed by atoms with Gasteiger partial charge in [0.1, 0.15) is 11.3 Å². The van der Waals surface area contributed by atoms with Gasteiger partial charge in [0, 0.05) is 34.8 Å². The molecule has 2 aromatic heterocycles. The predicted molar refractivity (Wildman–Crippen MR) is 126 cm³/mol. The van der Waals surface area contributed by atoms with Crippen LogP contribution >= 0.6 is 11.8 Å². The molecule has 0 fully saturated rings. The third kappa shape index (κ3) is 5.69. The number of hydrogen-bond acceptors (Lipinski definition) is 7. The Kier molecular flexibility index (Phi) is 7.21. The SMILES string of the molecule is CCOc1ccc(NC(=O)CNC(=O)c2oc3ccccc3c2CSc2ncccn2)cc1. The van der Waals surface area contributed by atoms with Gasteiger partial charge in [0.25, 0.3) is 5.91 Å². The van der Waals surface area contributed by atoms with E-state index in [4.69, 9.17) is 9.15 Å². The number of amides is 2. The lowest BCUT2D eigenvalue weighted by molar-refractivity contribution is -0.115. The van der Waals surface area contributed by atoms with Crippen molar-refractivity contribution in [1.29, 1.82) is 0 Å². The number of para-hydroxylation sites is 1. The first-order valence-corrected chi connectivity index (χ1v) is 11.3. The number of aromatic nitrogens is 2. The maximum Gasteiger partial charge on any atom is 0.287 e. The number of carbonyl (C=O) groups is 2. The van der Waals surface area contributed by atoms with Crippen molar-refractivity contribution in [2.45, 2.75) is 17.8 Å². The van der Waals surface area contributed by atoms with E-state index in [1.165, 1.54) is 11.8 Å². The summed E-state index contributed by atoms with van der Waals surface area (Å²) in [5, 5.41) is 6.82. The summed E-state index contributed by atoms with van der Waals surface area (Å²) in [6, 6.07) is 16.2. The Labute approximate surface area is 194 Å². The maximum atomic E-state index is 12.9. The summed E-state index contributed by atoms with van der Waals surface area (Å²) in [6.45, 7) is 2.27.